The number of rotatable bonds is 10. The fraction of sp³-hybridized carbons (Fsp3) is 0.269. The van der Waals surface area contributed by atoms with Crippen LogP contribution in [-0.4, -0.2) is 43.5 Å². The first-order valence-corrected chi connectivity index (χ1v) is 11.5. The Morgan fingerprint density at radius 2 is 1.63 bits per heavy atom. The van der Waals surface area contributed by atoms with Crippen LogP contribution in [0.4, 0.5) is 11.4 Å². The zero-order valence-corrected chi connectivity index (χ0v) is 19.2. The molecule has 9 heteroatoms. The number of ether oxygens (including phenoxy) is 1. The van der Waals surface area contributed by atoms with Crippen molar-refractivity contribution >= 4 is 29.1 Å². The molecule has 1 aliphatic rings. The molecule has 2 heterocycles. The fourth-order valence-corrected chi connectivity index (χ4v) is 3.69. The molecule has 1 fully saturated rings. The lowest BCUT2D eigenvalue weighted by atomic mass is 10.1. The highest BCUT2D eigenvalue weighted by Gasteiger charge is 2.17. The standard InChI is InChI=1S/C26H28N4O5/c31-24(30-21-8-2-6-19(14-21)26(33)29-16-23-10-4-12-35-23)17-27-20-7-1-5-18(13-20)25(32)28-15-22-9-3-11-34-22/h1-2,4-8,10,12-14,22,27H,3,9,11,15-17H2,(H,28,32)(H,29,33)(H,30,31). The Morgan fingerprint density at radius 1 is 0.886 bits per heavy atom. The second-order valence-electron chi connectivity index (χ2n) is 8.17. The average molecular weight is 477 g/mol. The smallest absolute Gasteiger partial charge is 0.251 e. The van der Waals surface area contributed by atoms with E-state index in [1.54, 1.807) is 66.9 Å². The highest BCUT2D eigenvalue weighted by Crippen LogP contribution is 2.14. The van der Waals surface area contributed by atoms with E-state index < -0.39 is 0 Å². The summed E-state index contributed by atoms with van der Waals surface area (Å²) in [5, 5.41) is 11.5. The van der Waals surface area contributed by atoms with E-state index in [2.05, 4.69) is 21.3 Å². The van der Waals surface area contributed by atoms with Crippen LogP contribution >= 0.6 is 0 Å². The van der Waals surface area contributed by atoms with Crippen molar-refractivity contribution in [2.24, 2.45) is 0 Å². The summed E-state index contributed by atoms with van der Waals surface area (Å²) in [4.78, 5) is 37.2. The van der Waals surface area contributed by atoms with Crippen molar-refractivity contribution in [3.05, 3.63) is 83.8 Å². The second-order valence-corrected chi connectivity index (χ2v) is 8.17. The fourth-order valence-electron chi connectivity index (χ4n) is 3.69. The Morgan fingerprint density at radius 3 is 2.34 bits per heavy atom. The van der Waals surface area contributed by atoms with Gasteiger partial charge in [-0.1, -0.05) is 12.1 Å². The van der Waals surface area contributed by atoms with E-state index in [1.165, 1.54) is 0 Å². The molecule has 4 N–H and O–H groups in total. The Labute approximate surface area is 203 Å². The molecule has 182 valence electrons. The zero-order chi connectivity index (χ0) is 24.5. The van der Waals surface area contributed by atoms with Crippen molar-refractivity contribution < 1.29 is 23.5 Å². The number of amides is 3. The summed E-state index contributed by atoms with van der Waals surface area (Å²) in [6.45, 7) is 1.50. The number of hydrogen-bond donors (Lipinski definition) is 4. The molecule has 1 atom stereocenters. The Bertz CT molecular complexity index is 1160. The topological polar surface area (TPSA) is 122 Å². The molecule has 1 aliphatic heterocycles. The number of carbonyl (C=O) groups is 3. The lowest BCUT2D eigenvalue weighted by Crippen LogP contribution is -2.31. The molecule has 1 aromatic heterocycles. The summed E-state index contributed by atoms with van der Waals surface area (Å²) in [6, 6.07) is 17.2. The molecule has 4 rings (SSSR count). The van der Waals surface area contributed by atoms with Crippen LogP contribution in [0.15, 0.2) is 71.3 Å². The van der Waals surface area contributed by atoms with Gasteiger partial charge in [0.2, 0.25) is 5.91 Å². The second kappa shape index (κ2) is 11.8. The molecule has 2 aromatic carbocycles. The van der Waals surface area contributed by atoms with Crippen molar-refractivity contribution in [2.45, 2.75) is 25.5 Å². The molecule has 3 amide bonds. The molecule has 1 saturated heterocycles. The third-order valence-electron chi connectivity index (χ3n) is 5.50. The Balaban J connectivity index is 1.25. The Kier molecular flexibility index (Phi) is 8.13. The van der Waals surface area contributed by atoms with Gasteiger partial charge in [0, 0.05) is 35.7 Å². The van der Waals surface area contributed by atoms with Crippen LogP contribution in [0.3, 0.4) is 0 Å². The van der Waals surface area contributed by atoms with Crippen LogP contribution < -0.4 is 21.3 Å². The number of hydrogen-bond acceptors (Lipinski definition) is 6. The molecule has 9 nitrogen and oxygen atoms in total. The monoisotopic (exact) mass is 476 g/mol. The van der Waals surface area contributed by atoms with Crippen LogP contribution in [0.25, 0.3) is 0 Å². The lowest BCUT2D eigenvalue weighted by molar-refractivity contribution is -0.114. The molecule has 0 aliphatic carbocycles. The summed E-state index contributed by atoms with van der Waals surface area (Å²) >= 11 is 0. The van der Waals surface area contributed by atoms with Gasteiger partial charge in [-0.05, 0) is 61.4 Å². The molecule has 35 heavy (non-hydrogen) atoms. The van der Waals surface area contributed by atoms with Crippen molar-refractivity contribution in [3.63, 3.8) is 0 Å². The maximum absolute atomic E-state index is 12.4. The van der Waals surface area contributed by atoms with E-state index in [9.17, 15) is 14.4 Å². The maximum atomic E-state index is 12.4. The zero-order valence-electron chi connectivity index (χ0n) is 19.2. The highest BCUT2D eigenvalue weighted by atomic mass is 16.5. The van der Waals surface area contributed by atoms with Crippen LogP contribution in [0.2, 0.25) is 0 Å². The summed E-state index contributed by atoms with van der Waals surface area (Å²) in [5.74, 6) is -0.0920. The third-order valence-corrected chi connectivity index (χ3v) is 5.50. The predicted octanol–water partition coefficient (Wildman–Crippen LogP) is 3.17. The van der Waals surface area contributed by atoms with Crippen LogP contribution in [0.1, 0.15) is 39.3 Å². The number of anilines is 2. The van der Waals surface area contributed by atoms with Gasteiger partial charge in [0.25, 0.3) is 11.8 Å². The van der Waals surface area contributed by atoms with Gasteiger partial charge in [-0.2, -0.15) is 0 Å². The van der Waals surface area contributed by atoms with Gasteiger partial charge in [-0.3, -0.25) is 14.4 Å². The molecule has 1 unspecified atom stereocenters. The quantitative estimate of drug-likeness (QED) is 0.357. The van der Waals surface area contributed by atoms with Gasteiger partial charge in [0.05, 0.1) is 25.5 Å². The van der Waals surface area contributed by atoms with Gasteiger partial charge < -0.3 is 30.4 Å². The predicted molar refractivity (Wildman–Crippen MR) is 131 cm³/mol. The number of benzene rings is 2. The van der Waals surface area contributed by atoms with Gasteiger partial charge in [0.15, 0.2) is 0 Å². The minimum Gasteiger partial charge on any atom is -0.467 e. The SMILES string of the molecule is O=C(CNc1cccc(C(=O)NCC2CCCO2)c1)Nc1cccc(C(=O)NCc2ccco2)c1. The number of furan rings is 1. The summed E-state index contributed by atoms with van der Waals surface area (Å²) in [7, 11) is 0. The minimum atomic E-state index is -0.286. The summed E-state index contributed by atoms with van der Waals surface area (Å²) in [5.41, 5.74) is 2.08. The molecule has 0 bridgehead atoms. The number of carbonyl (C=O) groups excluding carboxylic acids is 3. The first-order valence-electron chi connectivity index (χ1n) is 11.5. The normalized spacial score (nSPS) is 14.8. The van der Waals surface area contributed by atoms with Crippen molar-refractivity contribution in [3.8, 4) is 0 Å². The minimum absolute atomic E-state index is 0.00406. The molecule has 0 saturated carbocycles. The van der Waals surface area contributed by atoms with Gasteiger partial charge in [-0.15, -0.1) is 0 Å². The van der Waals surface area contributed by atoms with Crippen molar-refractivity contribution in [2.75, 3.05) is 30.3 Å². The first-order chi connectivity index (χ1) is 17.1. The van der Waals surface area contributed by atoms with Gasteiger partial charge in [-0.25, -0.2) is 0 Å². The van der Waals surface area contributed by atoms with Gasteiger partial charge >= 0.3 is 0 Å². The van der Waals surface area contributed by atoms with Crippen LogP contribution in [-0.2, 0) is 16.1 Å². The summed E-state index contributed by atoms with van der Waals surface area (Å²) in [6.07, 6.45) is 3.59. The maximum Gasteiger partial charge on any atom is 0.251 e. The molecule has 0 spiro atoms. The van der Waals surface area contributed by atoms with E-state index in [0.29, 0.717) is 34.8 Å². The number of nitrogens with one attached hydrogen (secondary N) is 4. The molecular formula is C26H28N4O5. The lowest BCUT2D eigenvalue weighted by Gasteiger charge is -2.12. The van der Waals surface area contributed by atoms with Crippen molar-refractivity contribution in [1.29, 1.82) is 0 Å². The van der Waals surface area contributed by atoms with Crippen LogP contribution in [0, 0.1) is 0 Å². The van der Waals surface area contributed by atoms with Crippen molar-refractivity contribution in [1.82, 2.24) is 10.6 Å². The van der Waals surface area contributed by atoms with E-state index in [1.807, 2.05) is 0 Å². The van der Waals surface area contributed by atoms with E-state index >= 15 is 0 Å². The largest absolute Gasteiger partial charge is 0.467 e. The molecule has 3 aromatic rings. The first kappa shape index (κ1) is 24.0. The molecular weight excluding hydrogens is 448 g/mol. The summed E-state index contributed by atoms with van der Waals surface area (Å²) < 4.78 is 10.7. The van der Waals surface area contributed by atoms with E-state index in [0.717, 1.165) is 19.4 Å². The Hall–Kier alpha value is -4.11. The third kappa shape index (κ3) is 7.18. The average Bonchev–Trinajstić information content (AvgIpc) is 3.59. The molecule has 0 radical (unpaired) electrons. The van der Waals surface area contributed by atoms with E-state index in [-0.39, 0.29) is 36.9 Å². The highest BCUT2D eigenvalue weighted by molar-refractivity contribution is 5.98. The van der Waals surface area contributed by atoms with E-state index in [4.69, 9.17) is 9.15 Å². The van der Waals surface area contributed by atoms with Crippen LogP contribution in [0.5, 0.6) is 0 Å². The van der Waals surface area contributed by atoms with Gasteiger partial charge in [0.1, 0.15) is 5.76 Å².